The van der Waals surface area contributed by atoms with E-state index in [9.17, 15) is 14.4 Å². The smallest absolute Gasteiger partial charge is 0.349 e. The average Bonchev–Trinajstić information content (AvgIpc) is 2.70. The number of para-hydroxylation sites is 2. The fourth-order valence-electron chi connectivity index (χ4n) is 2.53. The average molecular weight is 366 g/mol. The van der Waals surface area contributed by atoms with Gasteiger partial charge in [-0.1, -0.05) is 43.3 Å². The van der Waals surface area contributed by atoms with Crippen LogP contribution >= 0.6 is 0 Å². The number of ether oxygens (including phenoxy) is 1. The lowest BCUT2D eigenvalue weighted by Gasteiger charge is -2.11. The summed E-state index contributed by atoms with van der Waals surface area (Å²) in [4.78, 5) is 36.0. The molecule has 0 unspecified atom stereocenters. The second-order valence-electron chi connectivity index (χ2n) is 5.74. The number of carbonyl (C=O) groups excluding carboxylic acids is 2. The van der Waals surface area contributed by atoms with E-state index in [4.69, 9.17) is 9.15 Å². The van der Waals surface area contributed by atoms with Crippen LogP contribution in [0.1, 0.15) is 22.8 Å². The molecule has 0 atom stereocenters. The number of nitrogens with one attached hydrogen (secondary N) is 2. The van der Waals surface area contributed by atoms with Crippen molar-refractivity contribution in [3.8, 4) is 5.75 Å². The number of rotatable bonds is 5. The van der Waals surface area contributed by atoms with Crippen LogP contribution in [0, 0.1) is 0 Å². The van der Waals surface area contributed by atoms with E-state index < -0.39 is 17.4 Å². The second-order valence-corrected chi connectivity index (χ2v) is 5.74. The van der Waals surface area contributed by atoms with Gasteiger partial charge in [-0.15, -0.1) is 0 Å². The van der Waals surface area contributed by atoms with Crippen molar-refractivity contribution < 1.29 is 18.7 Å². The zero-order valence-corrected chi connectivity index (χ0v) is 14.7. The lowest BCUT2D eigenvalue weighted by molar-refractivity contribution is -0.123. The third-order valence-electron chi connectivity index (χ3n) is 3.91. The van der Waals surface area contributed by atoms with Crippen molar-refractivity contribution in [2.75, 3.05) is 6.61 Å². The molecule has 3 rings (SSSR count). The van der Waals surface area contributed by atoms with Gasteiger partial charge in [-0.3, -0.25) is 20.4 Å². The maximum Gasteiger partial charge on any atom is 0.349 e. The second kappa shape index (κ2) is 8.18. The third-order valence-corrected chi connectivity index (χ3v) is 3.91. The molecule has 27 heavy (non-hydrogen) atoms. The van der Waals surface area contributed by atoms with Crippen LogP contribution in [-0.2, 0) is 11.2 Å². The van der Waals surface area contributed by atoms with Crippen LogP contribution < -0.4 is 21.2 Å². The summed E-state index contributed by atoms with van der Waals surface area (Å²) in [5.41, 5.74) is 4.78. The first-order valence-electron chi connectivity index (χ1n) is 8.41. The Balaban J connectivity index is 1.59. The van der Waals surface area contributed by atoms with Crippen LogP contribution in [0.5, 0.6) is 5.75 Å². The Bertz CT molecular complexity index is 1040. The number of hydrogen-bond acceptors (Lipinski definition) is 5. The van der Waals surface area contributed by atoms with Gasteiger partial charge in [0.05, 0.1) is 0 Å². The molecular formula is C20H18N2O5. The number of hydrazine groups is 1. The van der Waals surface area contributed by atoms with Gasteiger partial charge in [0.2, 0.25) is 0 Å². The summed E-state index contributed by atoms with van der Waals surface area (Å²) in [6, 6.07) is 15.6. The minimum Gasteiger partial charge on any atom is -0.483 e. The molecule has 0 aliphatic rings. The molecular weight excluding hydrogens is 348 g/mol. The molecule has 3 aromatic rings. The fourth-order valence-corrected chi connectivity index (χ4v) is 2.53. The number of amides is 2. The molecule has 0 saturated heterocycles. The summed E-state index contributed by atoms with van der Waals surface area (Å²) < 4.78 is 10.6. The Labute approximate surface area is 154 Å². The fraction of sp³-hybridized carbons (Fsp3) is 0.150. The number of carbonyl (C=O) groups is 2. The topological polar surface area (TPSA) is 97.6 Å². The van der Waals surface area contributed by atoms with Crippen molar-refractivity contribution in [1.29, 1.82) is 0 Å². The summed E-state index contributed by atoms with van der Waals surface area (Å²) in [5, 5.41) is 0.605. The van der Waals surface area contributed by atoms with E-state index in [1.165, 1.54) is 6.07 Å². The monoisotopic (exact) mass is 366 g/mol. The zero-order valence-electron chi connectivity index (χ0n) is 14.7. The maximum absolute atomic E-state index is 12.2. The van der Waals surface area contributed by atoms with Crippen molar-refractivity contribution in [3.63, 3.8) is 0 Å². The Kier molecular flexibility index (Phi) is 5.51. The van der Waals surface area contributed by atoms with Crippen LogP contribution in [0.3, 0.4) is 0 Å². The molecule has 0 fully saturated rings. The van der Waals surface area contributed by atoms with Crippen molar-refractivity contribution in [2.24, 2.45) is 0 Å². The lowest BCUT2D eigenvalue weighted by Crippen LogP contribution is -2.45. The summed E-state index contributed by atoms with van der Waals surface area (Å²) in [6.45, 7) is 1.71. The van der Waals surface area contributed by atoms with E-state index in [2.05, 4.69) is 10.9 Å². The molecule has 1 heterocycles. The van der Waals surface area contributed by atoms with Gasteiger partial charge in [0.25, 0.3) is 11.8 Å². The predicted molar refractivity (Wildman–Crippen MR) is 99.4 cm³/mol. The highest BCUT2D eigenvalue weighted by atomic mass is 16.5. The largest absolute Gasteiger partial charge is 0.483 e. The highest BCUT2D eigenvalue weighted by Crippen LogP contribution is 2.18. The lowest BCUT2D eigenvalue weighted by atomic mass is 10.1. The minimum atomic E-state index is -0.784. The first-order valence-corrected chi connectivity index (χ1v) is 8.41. The van der Waals surface area contributed by atoms with Crippen LogP contribution in [0.25, 0.3) is 11.0 Å². The Hall–Kier alpha value is -3.61. The molecule has 0 bridgehead atoms. The van der Waals surface area contributed by atoms with Crippen molar-refractivity contribution >= 4 is 22.8 Å². The molecule has 0 radical (unpaired) electrons. The normalized spacial score (nSPS) is 10.4. The molecule has 0 spiro atoms. The van der Waals surface area contributed by atoms with E-state index in [0.717, 1.165) is 12.0 Å². The summed E-state index contributed by atoms with van der Waals surface area (Å²) in [5.74, 6) is -0.715. The molecule has 7 nitrogen and oxygen atoms in total. The molecule has 2 N–H and O–H groups in total. The Morgan fingerprint density at radius 1 is 1.04 bits per heavy atom. The molecule has 1 aromatic heterocycles. The highest BCUT2D eigenvalue weighted by molar-refractivity contribution is 5.97. The van der Waals surface area contributed by atoms with Crippen molar-refractivity contribution in [2.45, 2.75) is 13.3 Å². The first-order chi connectivity index (χ1) is 13.1. The minimum absolute atomic E-state index is 0.203. The van der Waals surface area contributed by atoms with Crippen LogP contribution in [0.2, 0.25) is 0 Å². The van der Waals surface area contributed by atoms with Crippen LogP contribution in [0.15, 0.2) is 63.8 Å². The number of benzene rings is 2. The number of aryl methyl sites for hydroxylation is 1. The van der Waals surface area contributed by atoms with Crippen molar-refractivity contribution in [3.05, 3.63) is 76.1 Å². The molecule has 0 aliphatic carbocycles. The van der Waals surface area contributed by atoms with Gasteiger partial charge in [0.1, 0.15) is 16.9 Å². The summed E-state index contributed by atoms with van der Waals surface area (Å²) in [7, 11) is 0. The predicted octanol–water partition coefficient (Wildman–Crippen LogP) is 2.20. The SMILES string of the molecule is CCc1ccccc1OCC(=O)NNC(=O)c1cc2ccccc2oc1=O. The maximum atomic E-state index is 12.2. The Morgan fingerprint density at radius 2 is 1.78 bits per heavy atom. The molecule has 0 aliphatic heterocycles. The van der Waals surface area contributed by atoms with Gasteiger partial charge < -0.3 is 9.15 Å². The standard InChI is InChI=1S/C20H18N2O5/c1-2-13-7-3-5-9-16(13)26-12-18(23)21-22-19(24)15-11-14-8-4-6-10-17(14)27-20(15)25/h3-11H,2,12H2,1H3,(H,21,23)(H,22,24). The van der Waals surface area contributed by atoms with Crippen LogP contribution in [0.4, 0.5) is 0 Å². The van der Waals surface area contributed by atoms with Gasteiger partial charge in [0.15, 0.2) is 6.61 Å². The van der Waals surface area contributed by atoms with Gasteiger partial charge in [-0.05, 0) is 30.2 Å². The van der Waals surface area contributed by atoms with Gasteiger partial charge in [-0.2, -0.15) is 0 Å². The molecule has 2 amide bonds. The van der Waals surface area contributed by atoms with E-state index >= 15 is 0 Å². The van der Waals surface area contributed by atoms with Crippen LogP contribution in [-0.4, -0.2) is 18.4 Å². The molecule has 0 saturated carbocycles. The quantitative estimate of drug-likeness (QED) is 0.533. The highest BCUT2D eigenvalue weighted by Gasteiger charge is 2.14. The first kappa shape index (κ1) is 18.2. The van der Waals surface area contributed by atoms with E-state index in [1.54, 1.807) is 30.3 Å². The number of fused-ring (bicyclic) bond motifs is 1. The summed E-state index contributed by atoms with van der Waals surface area (Å²) >= 11 is 0. The molecule has 2 aromatic carbocycles. The van der Waals surface area contributed by atoms with E-state index in [1.807, 2.05) is 25.1 Å². The van der Waals surface area contributed by atoms with Gasteiger partial charge in [0, 0.05) is 5.39 Å². The molecule has 138 valence electrons. The third kappa shape index (κ3) is 4.33. The van der Waals surface area contributed by atoms with Crippen molar-refractivity contribution in [1.82, 2.24) is 10.9 Å². The number of hydrogen-bond donors (Lipinski definition) is 2. The Morgan fingerprint density at radius 3 is 2.59 bits per heavy atom. The molecule has 7 heteroatoms. The summed E-state index contributed by atoms with van der Waals surface area (Å²) in [6.07, 6.45) is 0.770. The van der Waals surface area contributed by atoms with Gasteiger partial charge in [-0.25, -0.2) is 4.79 Å². The zero-order chi connectivity index (χ0) is 19.2. The van der Waals surface area contributed by atoms with E-state index in [0.29, 0.717) is 16.7 Å². The van der Waals surface area contributed by atoms with E-state index in [-0.39, 0.29) is 12.2 Å². The van der Waals surface area contributed by atoms with Gasteiger partial charge >= 0.3 is 5.63 Å².